The van der Waals surface area contributed by atoms with Gasteiger partial charge in [0, 0.05) is 15.1 Å². The van der Waals surface area contributed by atoms with Crippen LogP contribution in [0.15, 0.2) is 21.2 Å². The number of nitrogens with two attached hydrogens (primary N) is 1. The van der Waals surface area contributed by atoms with Gasteiger partial charge in [-0.3, -0.25) is 4.98 Å². The molecule has 1 saturated carbocycles. The van der Waals surface area contributed by atoms with Crippen LogP contribution < -0.4 is 5.73 Å². The number of hydrogen-bond donors (Lipinski definition) is 1. The Kier molecular flexibility index (Phi) is 5.22. The van der Waals surface area contributed by atoms with Crippen LogP contribution in [0.25, 0.3) is 0 Å². The van der Waals surface area contributed by atoms with Crippen molar-refractivity contribution in [3.63, 3.8) is 0 Å². The lowest BCUT2D eigenvalue weighted by atomic mass is 9.77. The van der Waals surface area contributed by atoms with E-state index in [1.807, 2.05) is 12.3 Å². The quantitative estimate of drug-likeness (QED) is 0.822. The van der Waals surface area contributed by atoms with Gasteiger partial charge in [0.25, 0.3) is 0 Å². The summed E-state index contributed by atoms with van der Waals surface area (Å²) in [5.74, 6) is 1.49. The van der Waals surface area contributed by atoms with Crippen LogP contribution >= 0.6 is 31.9 Å². The summed E-state index contributed by atoms with van der Waals surface area (Å²) in [6, 6.07) is 2.09. The summed E-state index contributed by atoms with van der Waals surface area (Å²) in [5.41, 5.74) is 7.40. The Morgan fingerprint density at radius 2 is 2.00 bits per heavy atom. The maximum atomic E-state index is 6.40. The van der Waals surface area contributed by atoms with Crippen LogP contribution in [0, 0.1) is 11.8 Å². The molecular formula is C14H20Br2N2. The lowest BCUT2D eigenvalue weighted by molar-refractivity contribution is 0.237. The summed E-state index contributed by atoms with van der Waals surface area (Å²) in [6.45, 7) is 2.29. The van der Waals surface area contributed by atoms with Crippen LogP contribution in [0.1, 0.15) is 50.8 Å². The van der Waals surface area contributed by atoms with Crippen LogP contribution in [0.3, 0.4) is 0 Å². The van der Waals surface area contributed by atoms with E-state index in [4.69, 9.17) is 5.73 Å². The van der Waals surface area contributed by atoms with Crippen LogP contribution in [0.5, 0.6) is 0 Å². The van der Waals surface area contributed by atoms with Gasteiger partial charge in [0.2, 0.25) is 0 Å². The minimum absolute atomic E-state index is 0.0604. The van der Waals surface area contributed by atoms with Crippen LogP contribution in [0.4, 0.5) is 0 Å². The maximum Gasteiger partial charge on any atom is 0.0716 e. The number of hydrogen-bond acceptors (Lipinski definition) is 2. The van der Waals surface area contributed by atoms with Crippen molar-refractivity contribution in [2.24, 2.45) is 17.6 Å². The molecule has 1 aromatic rings. The zero-order valence-electron chi connectivity index (χ0n) is 10.7. The third-order valence-electron chi connectivity index (χ3n) is 4.13. The van der Waals surface area contributed by atoms with E-state index in [-0.39, 0.29) is 6.04 Å². The molecule has 0 aliphatic heterocycles. The van der Waals surface area contributed by atoms with Gasteiger partial charge >= 0.3 is 0 Å². The van der Waals surface area contributed by atoms with Gasteiger partial charge in [-0.2, -0.15) is 0 Å². The number of halogens is 2. The van der Waals surface area contributed by atoms with Crippen molar-refractivity contribution in [1.29, 1.82) is 0 Å². The zero-order valence-corrected chi connectivity index (χ0v) is 13.9. The predicted molar refractivity (Wildman–Crippen MR) is 82.3 cm³/mol. The first-order valence-electron chi connectivity index (χ1n) is 6.68. The second-order valence-corrected chi connectivity index (χ2v) is 7.01. The molecule has 1 heterocycles. The molecule has 4 heteroatoms. The summed E-state index contributed by atoms with van der Waals surface area (Å²) >= 11 is 6.99. The molecule has 100 valence electrons. The molecule has 0 spiro atoms. The van der Waals surface area contributed by atoms with Gasteiger partial charge in [-0.05, 0) is 62.6 Å². The number of rotatable bonds is 3. The van der Waals surface area contributed by atoms with Gasteiger partial charge in [0.15, 0.2) is 0 Å². The first-order chi connectivity index (χ1) is 8.61. The molecule has 0 bridgehead atoms. The Bertz CT molecular complexity index is 401. The molecule has 0 amide bonds. The monoisotopic (exact) mass is 374 g/mol. The van der Waals surface area contributed by atoms with Gasteiger partial charge < -0.3 is 5.73 Å². The topological polar surface area (TPSA) is 38.9 Å². The third-order valence-corrected chi connectivity index (χ3v) is 5.20. The molecule has 1 aromatic heterocycles. The van der Waals surface area contributed by atoms with Gasteiger partial charge in [0.1, 0.15) is 0 Å². The minimum Gasteiger partial charge on any atom is -0.322 e. The average Bonchev–Trinajstić information content (AvgIpc) is 2.38. The van der Waals surface area contributed by atoms with E-state index < -0.39 is 0 Å². The van der Waals surface area contributed by atoms with E-state index >= 15 is 0 Å². The van der Waals surface area contributed by atoms with E-state index in [0.29, 0.717) is 5.92 Å². The summed E-state index contributed by atoms with van der Waals surface area (Å²) in [6.07, 6.45) is 8.26. The van der Waals surface area contributed by atoms with Crippen molar-refractivity contribution in [3.8, 4) is 0 Å². The van der Waals surface area contributed by atoms with Crippen molar-refractivity contribution in [3.05, 3.63) is 26.9 Å². The summed E-state index contributed by atoms with van der Waals surface area (Å²) in [7, 11) is 0. The highest BCUT2D eigenvalue weighted by molar-refractivity contribution is 9.11. The highest BCUT2D eigenvalue weighted by Gasteiger charge is 2.27. The van der Waals surface area contributed by atoms with E-state index in [9.17, 15) is 0 Å². The largest absolute Gasteiger partial charge is 0.322 e. The Morgan fingerprint density at radius 3 is 2.56 bits per heavy atom. The van der Waals surface area contributed by atoms with Crippen molar-refractivity contribution in [1.82, 2.24) is 4.98 Å². The molecule has 18 heavy (non-hydrogen) atoms. The minimum atomic E-state index is 0.0604. The fourth-order valence-corrected chi connectivity index (χ4v) is 4.10. The van der Waals surface area contributed by atoms with Gasteiger partial charge in [-0.15, -0.1) is 0 Å². The molecule has 0 radical (unpaired) electrons. The maximum absolute atomic E-state index is 6.40. The van der Waals surface area contributed by atoms with Crippen LogP contribution in [0.2, 0.25) is 0 Å². The first-order valence-corrected chi connectivity index (χ1v) is 8.27. The highest BCUT2D eigenvalue weighted by atomic mass is 79.9. The molecule has 1 aliphatic rings. The molecule has 2 nitrogen and oxygen atoms in total. The van der Waals surface area contributed by atoms with E-state index in [0.717, 1.165) is 20.6 Å². The molecule has 2 rings (SSSR count). The molecule has 1 fully saturated rings. The molecule has 0 saturated heterocycles. The highest BCUT2D eigenvalue weighted by Crippen LogP contribution is 2.38. The van der Waals surface area contributed by atoms with E-state index in [1.54, 1.807) is 0 Å². The average molecular weight is 376 g/mol. The number of pyridine rings is 1. The van der Waals surface area contributed by atoms with Gasteiger partial charge in [0.05, 0.1) is 11.7 Å². The summed E-state index contributed by atoms with van der Waals surface area (Å²) in [5, 5.41) is 0. The van der Waals surface area contributed by atoms with Crippen molar-refractivity contribution in [2.75, 3.05) is 0 Å². The Morgan fingerprint density at radius 1 is 1.33 bits per heavy atom. The summed E-state index contributed by atoms with van der Waals surface area (Å²) < 4.78 is 2.00. The van der Waals surface area contributed by atoms with Crippen molar-refractivity contribution < 1.29 is 0 Å². The smallest absolute Gasteiger partial charge is 0.0716 e. The van der Waals surface area contributed by atoms with Gasteiger partial charge in [-0.1, -0.05) is 26.2 Å². The molecule has 1 unspecified atom stereocenters. The molecule has 2 N–H and O–H groups in total. The van der Waals surface area contributed by atoms with Crippen molar-refractivity contribution in [2.45, 2.75) is 45.1 Å². The number of aromatic nitrogens is 1. The standard InChI is InChI=1S/C14H20Br2N2/c1-2-9-3-5-10(6-4-9)13(17)14-12(16)7-11(15)8-18-14/h7-10,13H,2-6,17H2,1H3. The first kappa shape index (κ1) is 14.5. The van der Waals surface area contributed by atoms with Crippen molar-refractivity contribution >= 4 is 31.9 Å². The fraction of sp³-hybridized carbons (Fsp3) is 0.643. The number of nitrogens with zero attached hydrogens (tertiary/aromatic N) is 1. The SMILES string of the molecule is CCC1CCC(C(N)c2ncc(Br)cc2Br)CC1. The van der Waals surface area contributed by atoms with E-state index in [1.165, 1.54) is 32.1 Å². The summed E-state index contributed by atoms with van der Waals surface area (Å²) in [4.78, 5) is 4.47. The fourth-order valence-electron chi connectivity index (χ4n) is 2.85. The van der Waals surface area contributed by atoms with Crippen LogP contribution in [-0.4, -0.2) is 4.98 Å². The molecule has 0 aromatic carbocycles. The Labute approximate surface area is 126 Å². The Hall–Kier alpha value is 0.0700. The lowest BCUT2D eigenvalue weighted by Crippen LogP contribution is -2.27. The van der Waals surface area contributed by atoms with Crippen LogP contribution in [-0.2, 0) is 0 Å². The lowest BCUT2D eigenvalue weighted by Gasteiger charge is -2.31. The zero-order chi connectivity index (χ0) is 13.1. The molecule has 1 atom stereocenters. The predicted octanol–water partition coefficient (Wildman–Crippen LogP) is 4.82. The van der Waals surface area contributed by atoms with E-state index in [2.05, 4.69) is 43.8 Å². The third kappa shape index (κ3) is 3.34. The second kappa shape index (κ2) is 6.49. The van der Waals surface area contributed by atoms with Gasteiger partial charge in [-0.25, -0.2) is 0 Å². The molecular weight excluding hydrogens is 356 g/mol. The Balaban J connectivity index is 2.05. The normalized spacial score (nSPS) is 26.0. The molecule has 1 aliphatic carbocycles. The second-order valence-electron chi connectivity index (χ2n) is 5.24.